The average molecular weight is 1440 g/mol. The number of unbranched alkanes of at least 4 members (excludes halogenated alkanes) is 48. The molecule has 2 unspecified atom stereocenters. The van der Waals surface area contributed by atoms with Crippen molar-refractivity contribution in [3.63, 3.8) is 0 Å². The first kappa shape index (κ1) is 96.1. The van der Waals surface area contributed by atoms with Crippen molar-refractivity contribution in [1.82, 2.24) is 0 Å². The molecular weight excluding hydrogens is 1280 g/mol. The van der Waals surface area contributed by atoms with Gasteiger partial charge >= 0.3 is 39.5 Å². The zero-order valence-corrected chi connectivity index (χ0v) is 65.9. The lowest BCUT2D eigenvalue weighted by Crippen LogP contribution is -2.30. The summed E-state index contributed by atoms with van der Waals surface area (Å²) in [6.07, 6.45) is 59.9. The Morgan fingerprint density at radius 1 is 0.276 bits per heavy atom. The van der Waals surface area contributed by atoms with Gasteiger partial charge in [-0.15, -0.1) is 0 Å². The smallest absolute Gasteiger partial charge is 0.462 e. The summed E-state index contributed by atoms with van der Waals surface area (Å²) >= 11 is 0. The van der Waals surface area contributed by atoms with Crippen LogP contribution in [-0.4, -0.2) is 96.7 Å². The van der Waals surface area contributed by atoms with E-state index >= 15 is 0 Å². The number of carbonyl (C=O) groups excluding carboxylic acids is 4. The number of hydrogen-bond donors (Lipinski definition) is 3. The van der Waals surface area contributed by atoms with Crippen molar-refractivity contribution < 1.29 is 80.2 Å². The summed E-state index contributed by atoms with van der Waals surface area (Å²) < 4.78 is 68.6. The number of phosphoric acid groups is 2. The van der Waals surface area contributed by atoms with Gasteiger partial charge in [-0.05, 0) is 37.5 Å². The second-order valence-corrected chi connectivity index (χ2v) is 32.3. The van der Waals surface area contributed by atoms with Crippen LogP contribution in [0.3, 0.4) is 0 Å². The highest BCUT2D eigenvalue weighted by Gasteiger charge is 2.30. The first-order valence-corrected chi connectivity index (χ1v) is 44.0. The fraction of sp³-hybridized carbons (Fsp3) is 0.949. The van der Waals surface area contributed by atoms with Gasteiger partial charge in [-0.25, -0.2) is 9.13 Å². The van der Waals surface area contributed by atoms with Gasteiger partial charge in [0.25, 0.3) is 0 Å². The van der Waals surface area contributed by atoms with E-state index in [1.807, 2.05) is 0 Å². The summed E-state index contributed by atoms with van der Waals surface area (Å²) in [7, 11) is -9.91. The molecule has 5 atom stereocenters. The van der Waals surface area contributed by atoms with Crippen LogP contribution in [0.1, 0.15) is 414 Å². The number of aliphatic hydroxyl groups is 1. The SMILES string of the molecule is CCCCCCCCCCCCCCCCCCCC(=O)OC[C@H](COP(=O)(O)OC[C@@H](O)COP(=O)(O)OC[C@@H](COC(=O)CCCCCCCCC(C)C)OC(=O)CCCCCCCCCCCCC)OC(=O)CCCCCCCCCCCCCCCCCCCCC(C)C. The Kier molecular flexibility index (Phi) is 69.3. The van der Waals surface area contributed by atoms with E-state index in [-0.39, 0.29) is 25.7 Å². The number of ether oxygens (including phenoxy) is 4. The van der Waals surface area contributed by atoms with E-state index in [4.69, 9.17) is 37.0 Å². The second kappa shape index (κ2) is 70.7. The quantitative estimate of drug-likeness (QED) is 0.0222. The van der Waals surface area contributed by atoms with Gasteiger partial charge in [0.15, 0.2) is 12.2 Å². The Labute approximate surface area is 600 Å². The molecule has 98 heavy (non-hydrogen) atoms. The predicted octanol–water partition coefficient (Wildman–Crippen LogP) is 23.5. The number of rotatable bonds is 78. The third-order valence-corrected chi connectivity index (χ3v) is 20.4. The summed E-state index contributed by atoms with van der Waals surface area (Å²) in [5.74, 6) is -0.613. The minimum atomic E-state index is -4.96. The van der Waals surface area contributed by atoms with Crippen LogP contribution in [0.5, 0.6) is 0 Å². The summed E-state index contributed by atoms with van der Waals surface area (Å²) in [4.78, 5) is 72.8. The van der Waals surface area contributed by atoms with Crippen LogP contribution >= 0.6 is 15.6 Å². The molecule has 3 N–H and O–H groups in total. The minimum Gasteiger partial charge on any atom is -0.462 e. The first-order chi connectivity index (χ1) is 47.4. The van der Waals surface area contributed by atoms with Crippen molar-refractivity contribution in [3.8, 4) is 0 Å². The van der Waals surface area contributed by atoms with Gasteiger partial charge in [0.2, 0.25) is 0 Å². The fourth-order valence-corrected chi connectivity index (χ4v) is 13.8. The molecule has 0 aliphatic carbocycles. The Hall–Kier alpha value is -1.94. The highest BCUT2D eigenvalue weighted by atomic mass is 31.2. The van der Waals surface area contributed by atoms with Crippen LogP contribution in [0.2, 0.25) is 0 Å². The van der Waals surface area contributed by atoms with Crippen LogP contribution in [-0.2, 0) is 65.4 Å². The van der Waals surface area contributed by atoms with E-state index in [1.165, 1.54) is 225 Å². The Bertz CT molecular complexity index is 1890. The molecule has 0 bridgehead atoms. The van der Waals surface area contributed by atoms with Crippen molar-refractivity contribution in [2.75, 3.05) is 39.6 Å². The number of phosphoric ester groups is 2. The van der Waals surface area contributed by atoms with Gasteiger partial charge in [-0.3, -0.25) is 37.3 Å². The van der Waals surface area contributed by atoms with E-state index < -0.39 is 97.5 Å². The minimum absolute atomic E-state index is 0.106. The lowest BCUT2D eigenvalue weighted by Gasteiger charge is -2.21. The van der Waals surface area contributed by atoms with E-state index in [9.17, 15) is 43.2 Å². The number of carbonyl (C=O) groups is 4. The van der Waals surface area contributed by atoms with Crippen LogP contribution in [0, 0.1) is 11.8 Å². The monoisotopic (exact) mass is 1440 g/mol. The molecule has 0 saturated carbocycles. The highest BCUT2D eigenvalue weighted by molar-refractivity contribution is 7.47. The molecular formula is C79H154O17P2. The lowest BCUT2D eigenvalue weighted by atomic mass is 10.0. The number of esters is 4. The van der Waals surface area contributed by atoms with Crippen molar-refractivity contribution in [3.05, 3.63) is 0 Å². The van der Waals surface area contributed by atoms with E-state index in [0.29, 0.717) is 31.6 Å². The van der Waals surface area contributed by atoms with E-state index in [1.54, 1.807) is 0 Å². The van der Waals surface area contributed by atoms with Crippen LogP contribution < -0.4 is 0 Å². The Morgan fingerprint density at radius 2 is 0.469 bits per heavy atom. The number of hydrogen-bond acceptors (Lipinski definition) is 15. The molecule has 0 aromatic heterocycles. The topological polar surface area (TPSA) is 237 Å². The molecule has 0 heterocycles. The van der Waals surface area contributed by atoms with Gasteiger partial charge in [-0.2, -0.15) is 0 Å². The summed E-state index contributed by atoms with van der Waals surface area (Å²) in [6, 6.07) is 0. The largest absolute Gasteiger partial charge is 0.472 e. The van der Waals surface area contributed by atoms with Crippen molar-refractivity contribution in [2.24, 2.45) is 11.8 Å². The predicted molar refractivity (Wildman–Crippen MR) is 400 cm³/mol. The van der Waals surface area contributed by atoms with Gasteiger partial charge in [0, 0.05) is 25.7 Å². The van der Waals surface area contributed by atoms with Crippen LogP contribution in [0.15, 0.2) is 0 Å². The molecule has 0 aliphatic rings. The summed E-state index contributed by atoms with van der Waals surface area (Å²) in [6.45, 7) is 9.57. The summed E-state index contributed by atoms with van der Waals surface area (Å²) in [5, 5.41) is 10.6. The zero-order chi connectivity index (χ0) is 72.1. The third kappa shape index (κ3) is 72.4. The molecule has 0 aromatic carbocycles. The first-order valence-electron chi connectivity index (χ1n) is 41.0. The molecule has 582 valence electrons. The maximum atomic E-state index is 13.1. The molecule has 0 rings (SSSR count). The summed E-state index contributed by atoms with van der Waals surface area (Å²) in [5.41, 5.74) is 0. The molecule has 0 amide bonds. The maximum Gasteiger partial charge on any atom is 0.472 e. The molecule has 17 nitrogen and oxygen atoms in total. The fourth-order valence-electron chi connectivity index (χ4n) is 12.2. The van der Waals surface area contributed by atoms with Gasteiger partial charge < -0.3 is 33.8 Å². The zero-order valence-electron chi connectivity index (χ0n) is 64.1. The van der Waals surface area contributed by atoms with Gasteiger partial charge in [0.05, 0.1) is 26.4 Å². The molecule has 0 radical (unpaired) electrons. The highest BCUT2D eigenvalue weighted by Crippen LogP contribution is 2.45. The van der Waals surface area contributed by atoms with E-state index in [0.717, 1.165) is 102 Å². The normalized spacial score (nSPS) is 13.9. The molecule has 0 aliphatic heterocycles. The Balaban J connectivity index is 5.19. The van der Waals surface area contributed by atoms with Gasteiger partial charge in [-0.1, -0.05) is 363 Å². The maximum absolute atomic E-state index is 13.1. The number of aliphatic hydroxyl groups excluding tert-OH is 1. The third-order valence-electron chi connectivity index (χ3n) is 18.5. The lowest BCUT2D eigenvalue weighted by molar-refractivity contribution is -0.161. The molecule has 0 saturated heterocycles. The van der Waals surface area contributed by atoms with Crippen molar-refractivity contribution in [1.29, 1.82) is 0 Å². The average Bonchev–Trinajstić information content (AvgIpc) is 0.936. The molecule has 19 heteroatoms. The van der Waals surface area contributed by atoms with E-state index in [2.05, 4.69) is 41.5 Å². The van der Waals surface area contributed by atoms with Crippen molar-refractivity contribution in [2.45, 2.75) is 432 Å². The standard InChI is InChI=1S/C79H154O17P2/c1-7-9-11-13-15-17-19-20-21-24-28-31-35-38-42-49-55-61-76(81)89-67-74(95-79(84)64-58-52-44-40-36-32-29-26-23-22-25-27-30-34-37-41-47-53-59-71(3)4)69-93-97(85,86)91-65-73(80)66-92-98(87,88)94-70-75(68-90-77(82)62-56-50-46-45-48-54-60-72(5)6)96-78(83)63-57-51-43-39-33-18-16-14-12-10-8-2/h71-75,80H,7-70H2,1-6H3,(H,85,86)(H,87,88)/t73-,74-,75-/m1/s1. The van der Waals surface area contributed by atoms with Crippen LogP contribution in [0.25, 0.3) is 0 Å². The van der Waals surface area contributed by atoms with Crippen LogP contribution in [0.4, 0.5) is 0 Å². The second-order valence-electron chi connectivity index (χ2n) is 29.4. The van der Waals surface area contributed by atoms with Crippen molar-refractivity contribution >= 4 is 39.5 Å². The Morgan fingerprint density at radius 3 is 0.694 bits per heavy atom. The molecule has 0 fully saturated rings. The van der Waals surface area contributed by atoms with Gasteiger partial charge in [0.1, 0.15) is 19.3 Å². The molecule has 0 spiro atoms. The molecule has 0 aromatic rings.